The molecule has 1 saturated heterocycles. The summed E-state index contributed by atoms with van der Waals surface area (Å²) in [5.74, 6) is 0.714. The van der Waals surface area contributed by atoms with Crippen molar-refractivity contribution in [3.8, 4) is 5.75 Å². The molecule has 2 atom stereocenters. The van der Waals surface area contributed by atoms with Crippen LogP contribution in [0.4, 0.5) is 0 Å². The maximum Gasteiger partial charge on any atom is 0.115 e. The van der Waals surface area contributed by atoms with Crippen LogP contribution in [-0.2, 0) is 11.2 Å². The standard InChI is InChI=1S/C12H17NO2/c13-12-5-6-15-8-10(12)7-9-1-3-11(14)4-2-9/h1-4,10,12,14H,5-8,13H2. The molecule has 1 heterocycles. The number of benzene rings is 1. The molecule has 1 aliphatic heterocycles. The Hall–Kier alpha value is -1.06. The minimum atomic E-state index is 0.243. The van der Waals surface area contributed by atoms with Gasteiger partial charge in [0.1, 0.15) is 5.75 Å². The second-order valence-electron chi connectivity index (χ2n) is 4.16. The highest BCUT2D eigenvalue weighted by atomic mass is 16.5. The third kappa shape index (κ3) is 2.70. The summed E-state index contributed by atoms with van der Waals surface area (Å²) < 4.78 is 5.42. The van der Waals surface area contributed by atoms with E-state index in [1.807, 2.05) is 12.1 Å². The Labute approximate surface area is 89.9 Å². The second-order valence-corrected chi connectivity index (χ2v) is 4.16. The summed E-state index contributed by atoms with van der Waals surface area (Å²) in [6.45, 7) is 1.54. The molecule has 1 aromatic carbocycles. The first-order chi connectivity index (χ1) is 7.25. The topological polar surface area (TPSA) is 55.5 Å². The first-order valence-electron chi connectivity index (χ1n) is 5.37. The summed E-state index contributed by atoms with van der Waals surface area (Å²) in [5.41, 5.74) is 7.23. The van der Waals surface area contributed by atoms with Crippen LogP contribution in [0.3, 0.4) is 0 Å². The molecule has 0 radical (unpaired) electrons. The van der Waals surface area contributed by atoms with E-state index in [1.165, 1.54) is 5.56 Å². The van der Waals surface area contributed by atoms with Gasteiger partial charge in [0.15, 0.2) is 0 Å². The van der Waals surface area contributed by atoms with Crippen LogP contribution in [-0.4, -0.2) is 24.4 Å². The van der Waals surface area contributed by atoms with Gasteiger partial charge in [-0.1, -0.05) is 12.1 Å². The predicted octanol–water partition coefficient (Wildman–Crippen LogP) is 1.30. The van der Waals surface area contributed by atoms with Gasteiger partial charge in [0.05, 0.1) is 6.61 Å². The average molecular weight is 207 g/mol. The Balaban J connectivity index is 1.98. The number of phenols is 1. The van der Waals surface area contributed by atoms with Gasteiger partial charge in [-0.25, -0.2) is 0 Å². The van der Waals surface area contributed by atoms with E-state index >= 15 is 0 Å². The molecule has 0 aliphatic carbocycles. The molecule has 82 valence electrons. The van der Waals surface area contributed by atoms with Gasteiger partial charge in [0, 0.05) is 18.6 Å². The molecule has 1 aromatic rings. The Morgan fingerprint density at radius 2 is 2.07 bits per heavy atom. The number of hydrogen-bond donors (Lipinski definition) is 2. The Morgan fingerprint density at radius 3 is 2.73 bits per heavy atom. The fourth-order valence-electron chi connectivity index (χ4n) is 1.96. The Morgan fingerprint density at radius 1 is 1.33 bits per heavy atom. The van der Waals surface area contributed by atoms with Gasteiger partial charge in [-0.3, -0.25) is 0 Å². The predicted molar refractivity (Wildman–Crippen MR) is 58.7 cm³/mol. The van der Waals surface area contributed by atoms with Gasteiger partial charge in [0.25, 0.3) is 0 Å². The fraction of sp³-hybridized carbons (Fsp3) is 0.500. The van der Waals surface area contributed by atoms with Crippen LogP contribution in [0.5, 0.6) is 5.75 Å². The van der Waals surface area contributed by atoms with E-state index in [9.17, 15) is 0 Å². The van der Waals surface area contributed by atoms with Gasteiger partial charge >= 0.3 is 0 Å². The lowest BCUT2D eigenvalue weighted by Gasteiger charge is -2.28. The molecule has 2 rings (SSSR count). The minimum absolute atomic E-state index is 0.243. The molecular formula is C12H17NO2. The highest BCUT2D eigenvalue weighted by Crippen LogP contribution is 2.19. The average Bonchev–Trinajstić information content (AvgIpc) is 2.25. The summed E-state index contributed by atoms with van der Waals surface area (Å²) in [7, 11) is 0. The summed E-state index contributed by atoms with van der Waals surface area (Å²) in [6, 6.07) is 7.55. The van der Waals surface area contributed by atoms with Crippen molar-refractivity contribution in [3.05, 3.63) is 29.8 Å². The Bertz CT molecular complexity index is 310. The molecule has 3 nitrogen and oxygen atoms in total. The molecule has 2 unspecified atom stereocenters. The van der Waals surface area contributed by atoms with Gasteiger partial charge < -0.3 is 15.6 Å². The van der Waals surface area contributed by atoms with Crippen molar-refractivity contribution in [1.29, 1.82) is 0 Å². The number of hydrogen-bond acceptors (Lipinski definition) is 3. The van der Waals surface area contributed by atoms with Crippen molar-refractivity contribution < 1.29 is 9.84 Å². The molecule has 1 fully saturated rings. The maximum atomic E-state index is 9.17. The van der Waals surface area contributed by atoms with E-state index in [4.69, 9.17) is 15.6 Å². The van der Waals surface area contributed by atoms with Crippen molar-refractivity contribution in [2.24, 2.45) is 11.7 Å². The van der Waals surface area contributed by atoms with Crippen LogP contribution in [0, 0.1) is 5.92 Å². The first-order valence-corrected chi connectivity index (χ1v) is 5.37. The van der Waals surface area contributed by atoms with E-state index in [2.05, 4.69) is 0 Å². The van der Waals surface area contributed by atoms with Crippen molar-refractivity contribution >= 4 is 0 Å². The van der Waals surface area contributed by atoms with Crippen LogP contribution < -0.4 is 5.73 Å². The first kappa shape index (κ1) is 10.5. The number of rotatable bonds is 2. The van der Waals surface area contributed by atoms with E-state index in [0.717, 1.165) is 26.1 Å². The monoisotopic (exact) mass is 207 g/mol. The molecule has 0 saturated carbocycles. The Kier molecular flexibility index (Phi) is 3.23. The van der Waals surface area contributed by atoms with Gasteiger partial charge in [-0.15, -0.1) is 0 Å². The fourth-order valence-corrected chi connectivity index (χ4v) is 1.96. The lowest BCUT2D eigenvalue weighted by Crippen LogP contribution is -2.39. The molecule has 0 aromatic heterocycles. The van der Waals surface area contributed by atoms with Crippen molar-refractivity contribution in [3.63, 3.8) is 0 Å². The normalized spacial score (nSPS) is 26.5. The molecule has 0 bridgehead atoms. The third-order valence-corrected chi connectivity index (χ3v) is 2.97. The summed E-state index contributed by atoms with van der Waals surface area (Å²) in [5, 5.41) is 9.17. The zero-order chi connectivity index (χ0) is 10.7. The van der Waals surface area contributed by atoms with Crippen molar-refractivity contribution in [2.75, 3.05) is 13.2 Å². The van der Waals surface area contributed by atoms with Crippen LogP contribution in [0.25, 0.3) is 0 Å². The number of aromatic hydroxyl groups is 1. The van der Waals surface area contributed by atoms with Gasteiger partial charge in [0.2, 0.25) is 0 Å². The molecule has 3 N–H and O–H groups in total. The summed E-state index contributed by atoms with van der Waals surface area (Å²) in [4.78, 5) is 0. The van der Waals surface area contributed by atoms with Crippen molar-refractivity contribution in [2.45, 2.75) is 18.9 Å². The molecule has 0 spiro atoms. The van der Waals surface area contributed by atoms with E-state index in [1.54, 1.807) is 12.1 Å². The molecular weight excluding hydrogens is 190 g/mol. The highest BCUT2D eigenvalue weighted by Gasteiger charge is 2.22. The number of nitrogens with two attached hydrogens (primary N) is 1. The molecule has 0 amide bonds. The number of phenolic OH excluding ortho intramolecular Hbond substituents is 1. The van der Waals surface area contributed by atoms with Gasteiger partial charge in [-0.05, 0) is 30.5 Å². The maximum absolute atomic E-state index is 9.17. The van der Waals surface area contributed by atoms with E-state index < -0.39 is 0 Å². The lowest BCUT2D eigenvalue weighted by atomic mass is 9.90. The minimum Gasteiger partial charge on any atom is -0.508 e. The van der Waals surface area contributed by atoms with Crippen molar-refractivity contribution in [1.82, 2.24) is 0 Å². The SMILES string of the molecule is NC1CCOCC1Cc1ccc(O)cc1. The third-order valence-electron chi connectivity index (χ3n) is 2.97. The van der Waals surface area contributed by atoms with E-state index in [-0.39, 0.29) is 6.04 Å². The number of ether oxygens (including phenoxy) is 1. The quantitative estimate of drug-likeness (QED) is 0.768. The van der Waals surface area contributed by atoms with Crippen LogP contribution in [0.15, 0.2) is 24.3 Å². The van der Waals surface area contributed by atoms with E-state index in [0.29, 0.717) is 11.7 Å². The molecule has 15 heavy (non-hydrogen) atoms. The highest BCUT2D eigenvalue weighted by molar-refractivity contribution is 5.26. The van der Waals surface area contributed by atoms with Crippen LogP contribution in [0.2, 0.25) is 0 Å². The zero-order valence-electron chi connectivity index (χ0n) is 8.73. The summed E-state index contributed by atoms with van der Waals surface area (Å²) >= 11 is 0. The molecule has 3 heteroatoms. The van der Waals surface area contributed by atoms with Crippen LogP contribution >= 0.6 is 0 Å². The molecule has 1 aliphatic rings. The van der Waals surface area contributed by atoms with Crippen LogP contribution in [0.1, 0.15) is 12.0 Å². The second kappa shape index (κ2) is 4.64. The largest absolute Gasteiger partial charge is 0.508 e. The zero-order valence-corrected chi connectivity index (χ0v) is 8.73. The van der Waals surface area contributed by atoms with Gasteiger partial charge in [-0.2, -0.15) is 0 Å². The summed E-state index contributed by atoms with van der Waals surface area (Å²) in [6.07, 6.45) is 1.88. The smallest absolute Gasteiger partial charge is 0.115 e. The lowest BCUT2D eigenvalue weighted by molar-refractivity contribution is 0.0422.